The number of hydrogen-bond acceptors (Lipinski definition) is 2. The lowest BCUT2D eigenvalue weighted by Gasteiger charge is -2.56. The highest BCUT2D eigenvalue weighted by atomic mass is 15.4. The van der Waals surface area contributed by atoms with Crippen molar-refractivity contribution in [3.63, 3.8) is 0 Å². The summed E-state index contributed by atoms with van der Waals surface area (Å²) in [5, 5.41) is 4.93. The Hall–Kier alpha value is -0.990. The van der Waals surface area contributed by atoms with Gasteiger partial charge in [0.1, 0.15) is 5.82 Å². The van der Waals surface area contributed by atoms with Crippen LogP contribution in [0.2, 0.25) is 0 Å². The number of rotatable bonds is 4. The molecule has 4 aliphatic rings. The molecule has 0 saturated heterocycles. The van der Waals surface area contributed by atoms with Crippen molar-refractivity contribution in [3.05, 3.63) is 11.8 Å². The lowest BCUT2D eigenvalue weighted by molar-refractivity contribution is -0.0483. The smallest absolute Gasteiger partial charge is 0.122 e. The molecule has 0 aromatic carbocycles. The molecule has 0 atom stereocenters. The van der Waals surface area contributed by atoms with Crippen molar-refractivity contribution >= 4 is 5.82 Å². The van der Waals surface area contributed by atoms with E-state index < -0.39 is 0 Å². The van der Waals surface area contributed by atoms with E-state index in [2.05, 4.69) is 17.7 Å². The van der Waals surface area contributed by atoms with Crippen LogP contribution in [0.3, 0.4) is 0 Å². The maximum Gasteiger partial charge on any atom is 0.122 e. The Labute approximate surface area is 121 Å². The third-order valence-corrected chi connectivity index (χ3v) is 6.03. The molecule has 3 nitrogen and oxygen atoms in total. The average molecular weight is 273 g/mol. The highest BCUT2D eigenvalue weighted by Crippen LogP contribution is 2.59. The van der Waals surface area contributed by atoms with Crippen LogP contribution in [-0.2, 0) is 12.0 Å². The Morgan fingerprint density at radius 2 is 1.80 bits per heavy atom. The summed E-state index contributed by atoms with van der Waals surface area (Å²) in [6.45, 7) is 2.24. The Morgan fingerprint density at radius 3 is 2.35 bits per heavy atom. The number of anilines is 1. The number of hydrogen-bond donors (Lipinski definition) is 1. The van der Waals surface area contributed by atoms with E-state index >= 15 is 0 Å². The maximum atomic E-state index is 6.33. The maximum absolute atomic E-state index is 6.33. The van der Waals surface area contributed by atoms with Crippen molar-refractivity contribution in [1.29, 1.82) is 0 Å². The van der Waals surface area contributed by atoms with Crippen molar-refractivity contribution in [1.82, 2.24) is 9.78 Å². The molecule has 0 amide bonds. The summed E-state index contributed by atoms with van der Waals surface area (Å²) in [7, 11) is 0. The molecular formula is C17H27N3. The molecule has 5 rings (SSSR count). The van der Waals surface area contributed by atoms with Gasteiger partial charge in [0.15, 0.2) is 0 Å². The fourth-order valence-electron chi connectivity index (χ4n) is 5.63. The van der Waals surface area contributed by atoms with E-state index in [9.17, 15) is 0 Å². The summed E-state index contributed by atoms with van der Waals surface area (Å²) in [4.78, 5) is 0. The van der Waals surface area contributed by atoms with Crippen LogP contribution in [0, 0.1) is 17.8 Å². The van der Waals surface area contributed by atoms with Crippen LogP contribution in [0.1, 0.15) is 64.0 Å². The SMILES string of the molecule is CCCCc1cc(N)n(C23CC4CC(CC(C4)C2)C3)n1. The van der Waals surface area contributed by atoms with Crippen LogP contribution in [0.25, 0.3) is 0 Å². The largest absolute Gasteiger partial charge is 0.384 e. The highest BCUT2D eigenvalue weighted by Gasteiger charge is 2.52. The normalized spacial score (nSPS) is 38.5. The van der Waals surface area contributed by atoms with Crippen LogP contribution in [0.4, 0.5) is 5.82 Å². The van der Waals surface area contributed by atoms with Crippen molar-refractivity contribution in [2.45, 2.75) is 70.3 Å². The second-order valence-electron chi connectivity index (χ2n) is 7.72. The third-order valence-electron chi connectivity index (χ3n) is 6.03. The van der Waals surface area contributed by atoms with Gasteiger partial charge in [-0.15, -0.1) is 0 Å². The summed E-state index contributed by atoms with van der Waals surface area (Å²) in [5.41, 5.74) is 7.82. The van der Waals surface area contributed by atoms with E-state index in [4.69, 9.17) is 10.8 Å². The fourth-order valence-corrected chi connectivity index (χ4v) is 5.63. The molecule has 3 heteroatoms. The molecule has 2 N–H and O–H groups in total. The number of nitrogens with two attached hydrogens (primary N) is 1. The van der Waals surface area contributed by atoms with Gasteiger partial charge < -0.3 is 5.73 Å². The van der Waals surface area contributed by atoms with Gasteiger partial charge >= 0.3 is 0 Å². The first-order valence-corrected chi connectivity index (χ1v) is 8.53. The van der Waals surface area contributed by atoms with E-state index in [0.717, 1.165) is 30.0 Å². The molecule has 1 heterocycles. The molecule has 1 aromatic rings. The number of aromatic nitrogens is 2. The lowest BCUT2D eigenvalue weighted by Crippen LogP contribution is -2.52. The van der Waals surface area contributed by atoms with E-state index in [-0.39, 0.29) is 5.54 Å². The molecule has 4 saturated carbocycles. The topological polar surface area (TPSA) is 43.8 Å². The minimum atomic E-state index is 0.281. The van der Waals surface area contributed by atoms with Crippen molar-refractivity contribution in [3.8, 4) is 0 Å². The first-order valence-electron chi connectivity index (χ1n) is 8.53. The molecule has 1 aromatic heterocycles. The van der Waals surface area contributed by atoms with Gasteiger partial charge in [0.05, 0.1) is 11.2 Å². The van der Waals surface area contributed by atoms with Crippen molar-refractivity contribution < 1.29 is 0 Å². The Morgan fingerprint density at radius 1 is 1.20 bits per heavy atom. The van der Waals surface area contributed by atoms with Crippen molar-refractivity contribution in [2.24, 2.45) is 17.8 Å². The second kappa shape index (κ2) is 4.51. The quantitative estimate of drug-likeness (QED) is 0.908. The minimum absolute atomic E-state index is 0.281. The van der Waals surface area contributed by atoms with Gasteiger partial charge in [-0.25, -0.2) is 4.68 Å². The minimum Gasteiger partial charge on any atom is -0.384 e. The molecule has 4 fully saturated rings. The predicted octanol–water partition coefficient (Wildman–Crippen LogP) is 3.73. The van der Waals surface area contributed by atoms with Crippen LogP contribution in [-0.4, -0.2) is 9.78 Å². The zero-order chi connectivity index (χ0) is 13.7. The zero-order valence-corrected chi connectivity index (χ0v) is 12.6. The standard InChI is InChI=1S/C17H27N3/c1-2-3-4-15-8-16(18)20(19-15)17-9-12-5-13(10-17)7-14(6-12)11-17/h8,12-14H,2-7,9-11,18H2,1H3. The van der Waals surface area contributed by atoms with Gasteiger partial charge in [-0.05, 0) is 69.1 Å². The van der Waals surface area contributed by atoms with Gasteiger partial charge in [0.25, 0.3) is 0 Å². The number of unbranched alkanes of at least 4 members (excludes halogenated alkanes) is 1. The van der Waals surface area contributed by atoms with Gasteiger partial charge in [0.2, 0.25) is 0 Å². The molecule has 0 aliphatic heterocycles. The summed E-state index contributed by atoms with van der Waals surface area (Å²) in [5.74, 6) is 3.76. The second-order valence-corrected chi connectivity index (χ2v) is 7.72. The zero-order valence-electron chi connectivity index (χ0n) is 12.6. The van der Waals surface area contributed by atoms with Crippen LogP contribution in [0.15, 0.2) is 6.07 Å². The van der Waals surface area contributed by atoms with Gasteiger partial charge in [-0.2, -0.15) is 5.10 Å². The number of nitrogens with zero attached hydrogens (tertiary/aromatic N) is 2. The molecule has 110 valence electrons. The van der Waals surface area contributed by atoms with E-state index in [1.54, 1.807) is 0 Å². The molecule has 0 radical (unpaired) electrons. The molecule has 20 heavy (non-hydrogen) atoms. The summed E-state index contributed by atoms with van der Waals surface area (Å²) < 4.78 is 2.25. The summed E-state index contributed by atoms with van der Waals surface area (Å²) in [6, 6.07) is 2.13. The first kappa shape index (κ1) is 12.7. The van der Waals surface area contributed by atoms with Crippen LogP contribution in [0.5, 0.6) is 0 Å². The van der Waals surface area contributed by atoms with Gasteiger partial charge in [-0.1, -0.05) is 13.3 Å². The van der Waals surface area contributed by atoms with Crippen LogP contribution >= 0.6 is 0 Å². The average Bonchev–Trinajstić information content (AvgIpc) is 2.77. The van der Waals surface area contributed by atoms with E-state index in [0.29, 0.717) is 0 Å². The van der Waals surface area contributed by atoms with Crippen LogP contribution < -0.4 is 5.73 Å². The van der Waals surface area contributed by atoms with Gasteiger partial charge in [-0.3, -0.25) is 0 Å². The highest BCUT2D eigenvalue weighted by molar-refractivity contribution is 5.33. The number of nitrogen functional groups attached to an aromatic ring is 1. The van der Waals surface area contributed by atoms with E-state index in [1.807, 2.05) is 0 Å². The Balaban J connectivity index is 1.65. The Bertz CT molecular complexity index is 467. The van der Waals surface area contributed by atoms with Gasteiger partial charge in [0, 0.05) is 6.07 Å². The summed E-state index contributed by atoms with van der Waals surface area (Å²) in [6.07, 6.45) is 11.9. The molecular weight excluding hydrogens is 246 g/mol. The van der Waals surface area contributed by atoms with Crippen molar-refractivity contribution in [2.75, 3.05) is 5.73 Å². The fraction of sp³-hybridized carbons (Fsp3) is 0.824. The monoisotopic (exact) mass is 273 g/mol. The Kier molecular flexibility index (Phi) is 2.87. The molecule has 0 unspecified atom stereocenters. The first-order chi connectivity index (χ1) is 9.68. The molecule has 4 aliphatic carbocycles. The third kappa shape index (κ3) is 1.89. The predicted molar refractivity (Wildman–Crippen MR) is 81.4 cm³/mol. The van der Waals surface area contributed by atoms with E-state index in [1.165, 1.54) is 57.1 Å². The molecule has 0 spiro atoms. The molecule has 4 bridgehead atoms. The lowest BCUT2D eigenvalue weighted by atomic mass is 9.53. The number of aryl methyl sites for hydroxylation is 1. The summed E-state index contributed by atoms with van der Waals surface area (Å²) >= 11 is 0.